The van der Waals surface area contributed by atoms with Crippen LogP contribution in [-0.2, 0) is 0 Å². The molecule has 0 saturated heterocycles. The summed E-state index contributed by atoms with van der Waals surface area (Å²) in [5.41, 5.74) is -0.516. The van der Waals surface area contributed by atoms with Crippen LogP contribution in [0, 0.1) is 0 Å². The Morgan fingerprint density at radius 3 is 2.61 bits per heavy atom. The van der Waals surface area contributed by atoms with Crippen molar-refractivity contribution in [3.8, 4) is 5.75 Å². The molecule has 0 unspecified atom stereocenters. The Bertz CT molecular complexity index is 440. The standard InChI is InChI=1S/C13H18ClNO3/c1-13(2,17)8-15(3)12(16)10-6-5-9(14)7-11(10)18-4/h5-7,17H,8H2,1-4H3. The predicted molar refractivity (Wildman–Crippen MR) is 71.3 cm³/mol. The molecule has 0 aliphatic rings. The van der Waals surface area contributed by atoms with E-state index in [0.29, 0.717) is 16.3 Å². The second-order valence-corrected chi connectivity index (χ2v) is 5.25. The number of amides is 1. The molecular weight excluding hydrogens is 254 g/mol. The molecule has 1 aromatic rings. The van der Waals surface area contributed by atoms with Crippen LogP contribution in [0.1, 0.15) is 24.2 Å². The second kappa shape index (κ2) is 5.59. The van der Waals surface area contributed by atoms with E-state index in [9.17, 15) is 9.90 Å². The van der Waals surface area contributed by atoms with Gasteiger partial charge in [0.1, 0.15) is 5.75 Å². The number of methoxy groups -OCH3 is 1. The Morgan fingerprint density at radius 2 is 2.11 bits per heavy atom. The fourth-order valence-corrected chi connectivity index (χ4v) is 1.86. The van der Waals surface area contributed by atoms with Crippen LogP contribution in [-0.4, -0.2) is 42.2 Å². The molecule has 0 heterocycles. The number of hydrogen-bond acceptors (Lipinski definition) is 3. The summed E-state index contributed by atoms with van der Waals surface area (Å²) in [6.07, 6.45) is 0. The molecule has 0 fully saturated rings. The first-order valence-corrected chi connectivity index (χ1v) is 5.94. The Labute approximate surface area is 112 Å². The molecule has 1 amide bonds. The van der Waals surface area contributed by atoms with Crippen molar-refractivity contribution in [2.45, 2.75) is 19.4 Å². The average molecular weight is 272 g/mol. The number of ether oxygens (including phenoxy) is 1. The third-order valence-electron chi connectivity index (χ3n) is 2.36. The normalized spacial score (nSPS) is 11.2. The number of halogens is 1. The van der Waals surface area contributed by atoms with Crippen molar-refractivity contribution in [3.63, 3.8) is 0 Å². The first-order chi connectivity index (χ1) is 8.24. The minimum atomic E-state index is -0.940. The third-order valence-corrected chi connectivity index (χ3v) is 2.60. The lowest BCUT2D eigenvalue weighted by Crippen LogP contribution is -2.39. The number of carbonyl (C=O) groups excluding carboxylic acids is 1. The number of rotatable bonds is 4. The number of nitrogens with zero attached hydrogens (tertiary/aromatic N) is 1. The van der Waals surface area contributed by atoms with Gasteiger partial charge in [-0.2, -0.15) is 0 Å². The Kier molecular flexibility index (Phi) is 4.59. The fourth-order valence-electron chi connectivity index (χ4n) is 1.70. The zero-order chi connectivity index (χ0) is 13.9. The van der Waals surface area contributed by atoms with E-state index < -0.39 is 5.60 Å². The highest BCUT2D eigenvalue weighted by molar-refractivity contribution is 6.30. The highest BCUT2D eigenvalue weighted by atomic mass is 35.5. The van der Waals surface area contributed by atoms with E-state index in [1.54, 1.807) is 39.1 Å². The van der Waals surface area contributed by atoms with Crippen LogP contribution in [0.3, 0.4) is 0 Å². The molecular formula is C13H18ClNO3. The van der Waals surface area contributed by atoms with Gasteiger partial charge < -0.3 is 14.7 Å². The van der Waals surface area contributed by atoms with Crippen LogP contribution < -0.4 is 4.74 Å². The summed E-state index contributed by atoms with van der Waals surface area (Å²) in [7, 11) is 3.12. The smallest absolute Gasteiger partial charge is 0.257 e. The van der Waals surface area contributed by atoms with Crippen LogP contribution in [0.4, 0.5) is 0 Å². The number of benzene rings is 1. The highest BCUT2D eigenvalue weighted by Gasteiger charge is 2.22. The van der Waals surface area contributed by atoms with Crippen LogP contribution in [0.25, 0.3) is 0 Å². The molecule has 1 aromatic carbocycles. The number of likely N-dealkylation sites (N-methyl/N-ethyl adjacent to an activating group) is 1. The van der Waals surface area contributed by atoms with E-state index in [-0.39, 0.29) is 12.5 Å². The van der Waals surface area contributed by atoms with Gasteiger partial charge in [0, 0.05) is 18.6 Å². The van der Waals surface area contributed by atoms with Gasteiger partial charge in [0.15, 0.2) is 0 Å². The molecule has 1 rings (SSSR count). The molecule has 0 spiro atoms. The van der Waals surface area contributed by atoms with E-state index in [1.165, 1.54) is 12.0 Å². The SMILES string of the molecule is COc1cc(Cl)ccc1C(=O)N(C)CC(C)(C)O. The van der Waals surface area contributed by atoms with Crippen molar-refractivity contribution in [3.05, 3.63) is 28.8 Å². The third kappa shape index (κ3) is 3.89. The van der Waals surface area contributed by atoms with Gasteiger partial charge >= 0.3 is 0 Å². The largest absolute Gasteiger partial charge is 0.496 e. The molecule has 0 radical (unpaired) electrons. The first kappa shape index (κ1) is 14.8. The minimum absolute atomic E-state index is 0.217. The summed E-state index contributed by atoms with van der Waals surface area (Å²) in [4.78, 5) is 13.7. The lowest BCUT2D eigenvalue weighted by molar-refractivity contribution is 0.0366. The summed E-state index contributed by atoms with van der Waals surface area (Å²) >= 11 is 5.84. The zero-order valence-electron chi connectivity index (χ0n) is 11.0. The van der Waals surface area contributed by atoms with Crippen LogP contribution >= 0.6 is 11.6 Å². The zero-order valence-corrected chi connectivity index (χ0v) is 11.8. The Morgan fingerprint density at radius 1 is 1.50 bits per heavy atom. The highest BCUT2D eigenvalue weighted by Crippen LogP contribution is 2.24. The first-order valence-electron chi connectivity index (χ1n) is 5.56. The van der Waals surface area contributed by atoms with E-state index in [1.807, 2.05) is 0 Å². The van der Waals surface area contributed by atoms with Crippen LogP contribution in [0.2, 0.25) is 5.02 Å². The monoisotopic (exact) mass is 271 g/mol. The topological polar surface area (TPSA) is 49.8 Å². The predicted octanol–water partition coefficient (Wildman–Crippen LogP) is 2.19. The van der Waals surface area contributed by atoms with Crippen molar-refractivity contribution < 1.29 is 14.6 Å². The van der Waals surface area contributed by atoms with Gasteiger partial charge in [0.25, 0.3) is 5.91 Å². The molecule has 0 atom stereocenters. The maximum atomic E-state index is 12.2. The summed E-state index contributed by atoms with van der Waals surface area (Å²) < 4.78 is 5.13. The molecule has 5 heteroatoms. The molecule has 0 saturated carbocycles. The maximum Gasteiger partial charge on any atom is 0.257 e. The van der Waals surface area contributed by atoms with Crippen LogP contribution in [0.15, 0.2) is 18.2 Å². The number of hydrogen-bond donors (Lipinski definition) is 1. The van der Waals surface area contributed by atoms with Gasteiger partial charge in [0.05, 0.1) is 18.3 Å². The van der Waals surface area contributed by atoms with E-state index in [0.717, 1.165) is 0 Å². The van der Waals surface area contributed by atoms with E-state index >= 15 is 0 Å². The van der Waals surface area contributed by atoms with Gasteiger partial charge in [-0.3, -0.25) is 4.79 Å². The summed E-state index contributed by atoms with van der Waals surface area (Å²) in [6, 6.07) is 4.84. The summed E-state index contributed by atoms with van der Waals surface area (Å²) in [5, 5.41) is 10.2. The number of aliphatic hydroxyl groups is 1. The lowest BCUT2D eigenvalue weighted by atomic mass is 10.1. The van der Waals surface area contributed by atoms with Gasteiger partial charge in [0.2, 0.25) is 0 Å². The van der Waals surface area contributed by atoms with Crippen molar-refractivity contribution in [2.24, 2.45) is 0 Å². The molecule has 0 bridgehead atoms. The van der Waals surface area contributed by atoms with Crippen molar-refractivity contribution in [2.75, 3.05) is 20.7 Å². The summed E-state index contributed by atoms with van der Waals surface area (Å²) in [6.45, 7) is 3.53. The minimum Gasteiger partial charge on any atom is -0.496 e. The fraction of sp³-hybridized carbons (Fsp3) is 0.462. The molecule has 100 valence electrons. The maximum absolute atomic E-state index is 12.2. The van der Waals surface area contributed by atoms with Gasteiger partial charge in [-0.15, -0.1) is 0 Å². The lowest BCUT2D eigenvalue weighted by Gasteiger charge is -2.26. The van der Waals surface area contributed by atoms with Gasteiger partial charge in [-0.1, -0.05) is 11.6 Å². The Balaban J connectivity index is 2.96. The molecule has 18 heavy (non-hydrogen) atoms. The molecule has 0 aliphatic heterocycles. The number of carbonyl (C=O) groups is 1. The van der Waals surface area contributed by atoms with Gasteiger partial charge in [-0.05, 0) is 32.0 Å². The second-order valence-electron chi connectivity index (χ2n) is 4.82. The molecule has 0 aliphatic carbocycles. The van der Waals surface area contributed by atoms with Crippen molar-refractivity contribution in [1.82, 2.24) is 4.90 Å². The van der Waals surface area contributed by atoms with E-state index in [2.05, 4.69) is 0 Å². The van der Waals surface area contributed by atoms with Crippen molar-refractivity contribution >= 4 is 17.5 Å². The Hall–Kier alpha value is -1.26. The van der Waals surface area contributed by atoms with Crippen LogP contribution in [0.5, 0.6) is 5.75 Å². The molecule has 0 aromatic heterocycles. The average Bonchev–Trinajstić information content (AvgIpc) is 2.25. The molecule has 1 N–H and O–H groups in total. The molecule has 4 nitrogen and oxygen atoms in total. The summed E-state index contributed by atoms with van der Waals surface area (Å²) in [5.74, 6) is 0.209. The quantitative estimate of drug-likeness (QED) is 0.913. The van der Waals surface area contributed by atoms with Gasteiger partial charge in [-0.25, -0.2) is 0 Å². The van der Waals surface area contributed by atoms with Crippen molar-refractivity contribution in [1.29, 1.82) is 0 Å². The van der Waals surface area contributed by atoms with E-state index in [4.69, 9.17) is 16.3 Å².